The molecule has 2 aliphatic heterocycles. The lowest BCUT2D eigenvalue weighted by molar-refractivity contribution is -0.386. The number of nitro groups is 1. The summed E-state index contributed by atoms with van der Waals surface area (Å²) in [4.78, 5) is 52.3. The molecule has 2 fully saturated rings. The molecule has 47 heavy (non-hydrogen) atoms. The van der Waals surface area contributed by atoms with Gasteiger partial charge in [-0.25, -0.2) is 14.2 Å². The zero-order valence-corrected chi connectivity index (χ0v) is 24.7. The summed E-state index contributed by atoms with van der Waals surface area (Å²) >= 11 is 0. The first-order chi connectivity index (χ1) is 22.8. The van der Waals surface area contributed by atoms with Crippen LogP contribution in [0.3, 0.4) is 0 Å². The zero-order valence-electron chi connectivity index (χ0n) is 24.7. The molecule has 2 aromatic carbocycles. The summed E-state index contributed by atoms with van der Waals surface area (Å²) in [5, 5.41) is 25.5. The Morgan fingerprint density at radius 2 is 1.96 bits per heavy atom. The summed E-state index contributed by atoms with van der Waals surface area (Å²) in [6, 6.07) is 13.3. The number of fused-ring (bicyclic) bond motifs is 2. The van der Waals surface area contributed by atoms with Crippen molar-refractivity contribution < 1.29 is 33.5 Å². The molecule has 4 aromatic rings. The Morgan fingerprint density at radius 3 is 2.68 bits per heavy atom. The molecular weight excluding hydrogens is 615 g/mol. The number of halogens is 1. The number of nitrogens with zero attached hydrogens (tertiary/aromatic N) is 6. The highest BCUT2D eigenvalue weighted by molar-refractivity contribution is 5.95. The van der Waals surface area contributed by atoms with Gasteiger partial charge in [-0.15, -0.1) is 0 Å². The number of benzene rings is 2. The highest BCUT2D eigenvalue weighted by Gasteiger charge is 2.34. The lowest BCUT2D eigenvalue weighted by atomic mass is 10.1. The maximum absolute atomic E-state index is 15.7. The number of aromatic carboxylic acids is 1. The lowest BCUT2D eigenvalue weighted by Crippen LogP contribution is -2.25. The van der Waals surface area contributed by atoms with E-state index in [0.717, 1.165) is 24.5 Å². The number of ether oxygens (including phenoxy) is 2. The quantitative estimate of drug-likeness (QED) is 0.149. The Morgan fingerprint density at radius 1 is 1.19 bits per heavy atom. The second-order valence-corrected chi connectivity index (χ2v) is 11.4. The van der Waals surface area contributed by atoms with Crippen molar-refractivity contribution in [2.45, 2.75) is 25.5 Å². The number of carboxylic acids is 1. The first kappa shape index (κ1) is 29.8. The van der Waals surface area contributed by atoms with Crippen molar-refractivity contribution in [3.63, 3.8) is 0 Å². The van der Waals surface area contributed by atoms with Gasteiger partial charge in [0.05, 0.1) is 34.2 Å². The molecule has 7 rings (SSSR count). The van der Waals surface area contributed by atoms with Crippen LogP contribution in [0, 0.1) is 21.8 Å². The zero-order chi connectivity index (χ0) is 32.7. The number of hydrogen-bond donors (Lipinski definition) is 1. The Kier molecular flexibility index (Phi) is 7.71. The minimum absolute atomic E-state index is 0.0250. The monoisotopic (exact) mass is 642 g/mol. The Bertz CT molecular complexity index is 2030. The molecule has 3 aliphatic rings. The van der Waals surface area contributed by atoms with Crippen molar-refractivity contribution in [3.05, 3.63) is 97.6 Å². The topological polar surface area (TPSA) is 171 Å². The number of oxime groups is 1. The van der Waals surface area contributed by atoms with Gasteiger partial charge in [0.1, 0.15) is 17.8 Å². The van der Waals surface area contributed by atoms with Gasteiger partial charge >= 0.3 is 5.97 Å². The number of hydrogen-bond acceptors (Lipinski definition) is 11. The molecule has 1 aliphatic carbocycles. The number of pyridine rings is 2. The van der Waals surface area contributed by atoms with Crippen molar-refractivity contribution in [1.82, 2.24) is 9.55 Å². The number of rotatable bonds is 10. The molecule has 2 aromatic heterocycles. The lowest BCUT2D eigenvalue weighted by Gasteiger charge is -2.19. The van der Waals surface area contributed by atoms with E-state index in [1.54, 1.807) is 15.7 Å². The van der Waals surface area contributed by atoms with Crippen LogP contribution in [0.5, 0.6) is 11.5 Å². The van der Waals surface area contributed by atoms with Gasteiger partial charge in [-0.2, -0.15) is 0 Å². The van der Waals surface area contributed by atoms with Gasteiger partial charge in [0.2, 0.25) is 12.2 Å². The molecule has 240 valence electrons. The van der Waals surface area contributed by atoms with E-state index in [9.17, 15) is 24.8 Å². The van der Waals surface area contributed by atoms with E-state index >= 15 is 4.39 Å². The van der Waals surface area contributed by atoms with Crippen LogP contribution in [0.2, 0.25) is 0 Å². The minimum atomic E-state index is -1.39. The number of carbonyl (C=O) groups is 1. The van der Waals surface area contributed by atoms with E-state index in [1.807, 2.05) is 30.3 Å². The number of anilines is 1. The molecule has 4 heterocycles. The van der Waals surface area contributed by atoms with Crippen molar-refractivity contribution >= 4 is 40.4 Å². The molecule has 1 atom stereocenters. The maximum Gasteiger partial charge on any atom is 0.341 e. The van der Waals surface area contributed by atoms with Gasteiger partial charge in [0, 0.05) is 37.5 Å². The maximum atomic E-state index is 15.7. The van der Waals surface area contributed by atoms with E-state index in [2.05, 4.69) is 15.1 Å². The number of aromatic nitrogens is 2. The van der Waals surface area contributed by atoms with Crippen LogP contribution in [0.15, 0.2) is 69.7 Å². The first-order valence-electron chi connectivity index (χ1n) is 14.8. The Balaban J connectivity index is 1.20. The van der Waals surface area contributed by atoms with Crippen LogP contribution in [-0.4, -0.2) is 63.9 Å². The van der Waals surface area contributed by atoms with E-state index in [-0.39, 0.29) is 78.8 Å². The molecule has 14 nitrogen and oxygen atoms in total. The third kappa shape index (κ3) is 5.94. The van der Waals surface area contributed by atoms with Crippen LogP contribution < -0.4 is 19.8 Å². The molecule has 0 radical (unpaired) electrons. The average molecular weight is 643 g/mol. The largest absolute Gasteiger partial charge is 0.477 e. The predicted octanol–water partition coefficient (Wildman–Crippen LogP) is 4.33. The van der Waals surface area contributed by atoms with Crippen molar-refractivity contribution in [2.24, 2.45) is 16.1 Å². The van der Waals surface area contributed by atoms with E-state index in [1.165, 1.54) is 18.3 Å². The van der Waals surface area contributed by atoms with Crippen LogP contribution in [0.4, 0.5) is 15.9 Å². The summed E-state index contributed by atoms with van der Waals surface area (Å²) in [7, 11) is 0. The standard InChI is InChI=1S/C32H27FN6O8/c33-24-9-22-29(40)23(32(41)42)14-38(21-6-7-21)30(22)35-31(24)37-13-20(12-34-11-18-4-2-1-3-5-18)25(15-37)36-47-16-19-8-27-28(46-17-45-27)10-26(19)39(43)44/h1-5,8-11,14,20-21H,6-7,12-13,15-17H2,(H,41,42)/b34-11?,36-25+. The fourth-order valence-electron chi connectivity index (χ4n) is 5.70. The number of carboxylic acid groups (broad SMARTS) is 1. The summed E-state index contributed by atoms with van der Waals surface area (Å²) in [6.45, 7) is 0.358. The number of nitro benzene ring substituents is 1. The van der Waals surface area contributed by atoms with Crippen LogP contribution in [0.1, 0.15) is 40.4 Å². The van der Waals surface area contributed by atoms with E-state index < -0.39 is 27.7 Å². The summed E-state index contributed by atoms with van der Waals surface area (Å²) in [5.74, 6) is -1.90. The van der Waals surface area contributed by atoms with Gasteiger partial charge in [-0.3, -0.25) is 19.9 Å². The minimum Gasteiger partial charge on any atom is -0.477 e. The first-order valence-corrected chi connectivity index (χ1v) is 14.8. The van der Waals surface area contributed by atoms with Gasteiger partial charge in [0.25, 0.3) is 5.69 Å². The van der Waals surface area contributed by atoms with Gasteiger partial charge in [0.15, 0.2) is 23.1 Å². The van der Waals surface area contributed by atoms with Gasteiger partial charge in [-0.1, -0.05) is 35.5 Å². The third-order valence-electron chi connectivity index (χ3n) is 8.21. The Labute approximate surface area is 265 Å². The average Bonchev–Trinajstić information content (AvgIpc) is 3.66. The second-order valence-electron chi connectivity index (χ2n) is 11.4. The molecule has 1 unspecified atom stereocenters. The smallest absolute Gasteiger partial charge is 0.341 e. The van der Waals surface area contributed by atoms with Gasteiger partial charge < -0.3 is 28.9 Å². The molecular formula is C32H27FN6O8. The molecule has 15 heteroatoms. The summed E-state index contributed by atoms with van der Waals surface area (Å²) in [5.41, 5.74) is 0.401. The highest BCUT2D eigenvalue weighted by Crippen LogP contribution is 2.39. The molecule has 1 saturated heterocycles. The molecule has 1 N–H and O–H groups in total. The number of aliphatic imine (C=N–C) groups is 1. The van der Waals surface area contributed by atoms with E-state index in [4.69, 9.17) is 14.3 Å². The van der Waals surface area contributed by atoms with Crippen molar-refractivity contribution in [3.8, 4) is 11.5 Å². The van der Waals surface area contributed by atoms with Crippen molar-refractivity contribution in [2.75, 3.05) is 31.3 Å². The predicted molar refractivity (Wildman–Crippen MR) is 167 cm³/mol. The molecule has 0 amide bonds. The fraction of sp³-hybridized carbons (Fsp3) is 0.281. The molecule has 0 bridgehead atoms. The van der Waals surface area contributed by atoms with Crippen LogP contribution in [-0.2, 0) is 11.4 Å². The summed E-state index contributed by atoms with van der Waals surface area (Å²) in [6.07, 6.45) is 4.57. The molecule has 0 spiro atoms. The second kappa shape index (κ2) is 12.2. The fourth-order valence-corrected chi connectivity index (χ4v) is 5.70. The van der Waals surface area contributed by atoms with E-state index in [0.29, 0.717) is 11.5 Å². The highest BCUT2D eigenvalue weighted by atomic mass is 19.1. The summed E-state index contributed by atoms with van der Waals surface area (Å²) < 4.78 is 27.9. The van der Waals surface area contributed by atoms with Crippen molar-refractivity contribution in [1.29, 1.82) is 0 Å². The van der Waals surface area contributed by atoms with Crippen LogP contribution in [0.25, 0.3) is 11.0 Å². The SMILES string of the molecule is O=C(O)c1cn(C2CC2)c2nc(N3C/C(=N\OCc4cc5c(cc4[N+](=O)[O-])OCO5)C(CN=Cc4ccccc4)C3)c(F)cc2c1=O. The third-order valence-corrected chi connectivity index (χ3v) is 8.21. The normalized spacial score (nSPS) is 18.0. The van der Waals surface area contributed by atoms with Gasteiger partial charge in [-0.05, 0) is 30.5 Å². The molecule has 1 saturated carbocycles. The Hall–Kier alpha value is -5.86. The van der Waals surface area contributed by atoms with Crippen LogP contribution >= 0.6 is 0 Å².